The van der Waals surface area contributed by atoms with E-state index in [-0.39, 0.29) is 77.9 Å². The van der Waals surface area contributed by atoms with E-state index in [0.29, 0.717) is 19.4 Å². The van der Waals surface area contributed by atoms with Crippen molar-refractivity contribution in [1.29, 1.82) is 0 Å². The SMILES string of the molecule is CC(C)NC(=O)CCCN.CC(NC(=O)CNC=O)C(=O)NCCOCCOCCOCCOCCC(=O)Oc1c(F)c(F)c(F)c(F)c1F. The summed E-state index contributed by atoms with van der Waals surface area (Å²) >= 11 is 0. The van der Waals surface area contributed by atoms with E-state index in [1.54, 1.807) is 0 Å². The molecule has 0 radical (unpaired) electrons. The van der Waals surface area contributed by atoms with Crippen LogP contribution in [0, 0.1) is 29.1 Å². The van der Waals surface area contributed by atoms with Gasteiger partial charge in [0.1, 0.15) is 6.04 Å². The maximum absolute atomic E-state index is 13.5. The van der Waals surface area contributed by atoms with Crippen LogP contribution in [0.2, 0.25) is 0 Å². The quantitative estimate of drug-likeness (QED) is 0.0177. The second kappa shape index (κ2) is 27.8. The molecule has 15 nitrogen and oxygen atoms in total. The van der Waals surface area contributed by atoms with Crippen molar-refractivity contribution < 1.29 is 69.6 Å². The van der Waals surface area contributed by atoms with Crippen LogP contribution in [-0.4, -0.2) is 115 Å². The molecule has 1 rings (SSSR count). The van der Waals surface area contributed by atoms with Crippen molar-refractivity contribution in [3.05, 3.63) is 29.1 Å². The summed E-state index contributed by atoms with van der Waals surface area (Å²) in [4.78, 5) is 55.8. The Morgan fingerprint density at radius 1 is 0.700 bits per heavy atom. The molecule has 0 aliphatic heterocycles. The van der Waals surface area contributed by atoms with Gasteiger partial charge in [0.15, 0.2) is 0 Å². The zero-order valence-electron chi connectivity index (χ0n) is 28.2. The minimum atomic E-state index is -2.36. The van der Waals surface area contributed by atoms with Crippen LogP contribution in [-0.2, 0) is 42.9 Å². The molecule has 0 fully saturated rings. The summed E-state index contributed by atoms with van der Waals surface area (Å²) in [6.45, 7) is 7.05. The normalized spacial score (nSPS) is 11.2. The topological polar surface area (TPSA) is 206 Å². The standard InChI is InChI=1S/C23H30F5N3O9.C7H16N2O/c1-14(31-15(33)12-29-13-32)23(35)30-3-5-37-7-9-39-11-10-38-8-6-36-4-2-16(34)40-22-20(27)18(25)17(24)19(26)21(22)28;1-6(2)9-7(10)4-3-5-8/h13-14H,2-12H2,1H3,(H,29,32)(H,30,35)(H,31,33);6H,3-5,8H2,1-2H3,(H,9,10). The van der Waals surface area contributed by atoms with Gasteiger partial charge in [0.2, 0.25) is 59.0 Å². The highest BCUT2D eigenvalue weighted by Gasteiger charge is 2.28. The Labute approximate surface area is 286 Å². The number of esters is 1. The Hall–Kier alpha value is -3.98. The Morgan fingerprint density at radius 2 is 1.20 bits per heavy atom. The number of amides is 4. The average Bonchev–Trinajstić information content (AvgIpc) is 3.08. The van der Waals surface area contributed by atoms with Crippen molar-refractivity contribution in [2.24, 2.45) is 5.73 Å². The van der Waals surface area contributed by atoms with Crippen LogP contribution in [0.15, 0.2) is 0 Å². The van der Waals surface area contributed by atoms with Gasteiger partial charge in [0.05, 0.1) is 65.8 Å². The molecule has 20 heteroatoms. The lowest BCUT2D eigenvalue weighted by atomic mass is 10.2. The molecule has 0 aliphatic carbocycles. The minimum absolute atomic E-state index is 0.0442. The fraction of sp³-hybridized carbons (Fsp3) is 0.633. The number of nitrogens with one attached hydrogen (secondary N) is 4. The maximum Gasteiger partial charge on any atom is 0.313 e. The molecule has 0 aromatic heterocycles. The Kier molecular flexibility index (Phi) is 25.6. The third-order valence-electron chi connectivity index (χ3n) is 5.67. The van der Waals surface area contributed by atoms with Gasteiger partial charge in [-0.15, -0.1) is 0 Å². The molecule has 1 atom stereocenters. The Morgan fingerprint density at radius 3 is 1.70 bits per heavy atom. The summed E-state index contributed by atoms with van der Waals surface area (Å²) in [5.74, 6) is -15.1. The van der Waals surface area contributed by atoms with E-state index < -0.39 is 65.1 Å². The molecule has 0 bridgehead atoms. The van der Waals surface area contributed by atoms with E-state index in [1.165, 1.54) is 6.92 Å². The van der Waals surface area contributed by atoms with Crippen molar-refractivity contribution >= 4 is 30.1 Å². The van der Waals surface area contributed by atoms with Gasteiger partial charge in [-0.25, -0.2) is 13.2 Å². The number of rotatable bonds is 25. The Balaban J connectivity index is 0.00000207. The van der Waals surface area contributed by atoms with Gasteiger partial charge in [-0.3, -0.25) is 24.0 Å². The van der Waals surface area contributed by atoms with Gasteiger partial charge in [0, 0.05) is 19.0 Å². The molecule has 0 saturated carbocycles. The largest absolute Gasteiger partial charge is 0.420 e. The number of benzene rings is 1. The second-order valence-corrected chi connectivity index (χ2v) is 10.3. The van der Waals surface area contributed by atoms with Gasteiger partial charge in [-0.05, 0) is 33.7 Å². The first-order valence-electron chi connectivity index (χ1n) is 15.5. The van der Waals surface area contributed by atoms with Crippen LogP contribution >= 0.6 is 0 Å². The number of ether oxygens (including phenoxy) is 5. The highest BCUT2D eigenvalue weighted by atomic mass is 19.2. The molecule has 0 aliphatic rings. The summed E-state index contributed by atoms with van der Waals surface area (Å²) < 4.78 is 91.2. The lowest BCUT2D eigenvalue weighted by molar-refractivity contribution is -0.136. The lowest BCUT2D eigenvalue weighted by Crippen LogP contribution is -2.47. The first kappa shape index (κ1) is 46.0. The molecule has 4 amide bonds. The van der Waals surface area contributed by atoms with Crippen molar-refractivity contribution in [2.45, 2.75) is 52.1 Å². The molecule has 50 heavy (non-hydrogen) atoms. The molecule has 1 aromatic rings. The highest BCUT2D eigenvalue weighted by molar-refractivity contribution is 5.88. The van der Waals surface area contributed by atoms with E-state index in [2.05, 4.69) is 26.0 Å². The summed E-state index contributed by atoms with van der Waals surface area (Å²) in [6.07, 6.45) is 1.19. The van der Waals surface area contributed by atoms with Crippen molar-refractivity contribution in [1.82, 2.24) is 21.3 Å². The number of carbonyl (C=O) groups excluding carboxylic acids is 5. The summed E-state index contributed by atoms with van der Waals surface area (Å²) in [5, 5.41) is 9.95. The molecular weight excluding hydrogens is 685 g/mol. The third-order valence-corrected chi connectivity index (χ3v) is 5.67. The lowest BCUT2D eigenvalue weighted by Gasteiger charge is -2.14. The fourth-order valence-corrected chi connectivity index (χ4v) is 3.31. The summed E-state index contributed by atoms with van der Waals surface area (Å²) in [5.41, 5.74) is 5.23. The minimum Gasteiger partial charge on any atom is -0.420 e. The molecule has 0 heterocycles. The van der Waals surface area contributed by atoms with Crippen molar-refractivity contribution in [2.75, 3.05) is 72.5 Å². The fourth-order valence-electron chi connectivity index (χ4n) is 3.31. The molecular formula is C30H46F5N5O10. The number of carbonyl (C=O) groups is 5. The molecule has 286 valence electrons. The zero-order valence-corrected chi connectivity index (χ0v) is 28.2. The summed E-state index contributed by atoms with van der Waals surface area (Å²) in [7, 11) is 0. The predicted molar refractivity (Wildman–Crippen MR) is 166 cm³/mol. The van der Waals surface area contributed by atoms with Crippen molar-refractivity contribution in [3.63, 3.8) is 0 Å². The van der Waals surface area contributed by atoms with Crippen LogP contribution in [0.4, 0.5) is 22.0 Å². The van der Waals surface area contributed by atoms with Gasteiger partial charge in [-0.2, -0.15) is 8.78 Å². The summed E-state index contributed by atoms with van der Waals surface area (Å²) in [6, 6.07) is -0.541. The molecule has 1 unspecified atom stereocenters. The zero-order chi connectivity index (χ0) is 37.9. The Bertz CT molecular complexity index is 1170. The molecule has 6 N–H and O–H groups in total. The van der Waals surface area contributed by atoms with Crippen molar-refractivity contribution in [3.8, 4) is 5.75 Å². The molecule has 0 spiro atoms. The second-order valence-electron chi connectivity index (χ2n) is 10.3. The van der Waals surface area contributed by atoms with Crippen LogP contribution in [0.5, 0.6) is 5.75 Å². The van der Waals surface area contributed by atoms with Crippen LogP contribution in [0.3, 0.4) is 0 Å². The molecule has 1 aromatic carbocycles. The van der Waals surface area contributed by atoms with Gasteiger partial charge < -0.3 is 50.7 Å². The van der Waals surface area contributed by atoms with E-state index in [1.807, 2.05) is 13.8 Å². The van der Waals surface area contributed by atoms with E-state index in [0.717, 1.165) is 6.42 Å². The van der Waals surface area contributed by atoms with Gasteiger partial charge in [0.25, 0.3) is 0 Å². The maximum atomic E-state index is 13.5. The number of hydrogen-bond donors (Lipinski definition) is 5. The van der Waals surface area contributed by atoms with Crippen LogP contribution in [0.25, 0.3) is 0 Å². The highest BCUT2D eigenvalue weighted by Crippen LogP contribution is 2.29. The monoisotopic (exact) mass is 731 g/mol. The molecule has 0 saturated heterocycles. The van der Waals surface area contributed by atoms with E-state index in [4.69, 9.17) is 24.7 Å². The van der Waals surface area contributed by atoms with Gasteiger partial charge >= 0.3 is 5.97 Å². The number of hydrogen-bond acceptors (Lipinski definition) is 11. The average molecular weight is 732 g/mol. The number of halogens is 5. The number of nitrogens with two attached hydrogens (primary N) is 1. The third kappa shape index (κ3) is 21.2. The van der Waals surface area contributed by atoms with E-state index in [9.17, 15) is 45.9 Å². The first-order chi connectivity index (χ1) is 23.8. The van der Waals surface area contributed by atoms with E-state index >= 15 is 0 Å². The van der Waals surface area contributed by atoms with Crippen LogP contribution < -0.4 is 31.7 Å². The first-order valence-corrected chi connectivity index (χ1v) is 15.5. The van der Waals surface area contributed by atoms with Crippen LogP contribution in [0.1, 0.15) is 40.0 Å². The smallest absolute Gasteiger partial charge is 0.313 e. The predicted octanol–water partition coefficient (Wildman–Crippen LogP) is 0.361. The van der Waals surface area contributed by atoms with Gasteiger partial charge in [-0.1, -0.05) is 0 Å².